The van der Waals surface area contributed by atoms with E-state index in [0.717, 1.165) is 41.3 Å². The fraction of sp³-hybridized carbons (Fsp3) is 0.156. The summed E-state index contributed by atoms with van der Waals surface area (Å²) in [6, 6.07) is 21.2. The molecule has 2 amide bonds. The topological polar surface area (TPSA) is 110 Å². The van der Waals surface area contributed by atoms with Gasteiger partial charge in [0, 0.05) is 22.9 Å². The first kappa shape index (κ1) is 28.2. The largest absolute Gasteiger partial charge is 0.343 e. The van der Waals surface area contributed by atoms with E-state index in [0.29, 0.717) is 16.7 Å². The van der Waals surface area contributed by atoms with E-state index in [1.807, 2.05) is 35.1 Å². The lowest BCUT2D eigenvalue weighted by Gasteiger charge is -2.19. The van der Waals surface area contributed by atoms with Crippen LogP contribution in [0.4, 0.5) is 8.78 Å². The molecule has 3 aromatic carbocycles. The summed E-state index contributed by atoms with van der Waals surface area (Å²) in [5.74, 6) is -2.77. The molecule has 218 valence electrons. The minimum atomic E-state index is -4.01. The van der Waals surface area contributed by atoms with Crippen LogP contribution in [0.15, 0.2) is 85.1 Å². The number of benzene rings is 3. The normalized spacial score (nSPS) is 14.0. The van der Waals surface area contributed by atoms with Crippen LogP contribution in [0.25, 0.3) is 27.9 Å². The van der Waals surface area contributed by atoms with Gasteiger partial charge in [-0.3, -0.25) is 9.59 Å². The average Bonchev–Trinajstić information content (AvgIpc) is 3.64. The number of carbonyl (C=O) groups is 2. The van der Waals surface area contributed by atoms with Crippen molar-refractivity contribution in [2.75, 3.05) is 6.26 Å². The number of aryl methyl sites for hydroxylation is 1. The first-order valence-corrected chi connectivity index (χ1v) is 15.3. The van der Waals surface area contributed by atoms with Crippen LogP contribution in [0.5, 0.6) is 0 Å². The molecule has 1 aliphatic carbocycles. The lowest BCUT2D eigenvalue weighted by atomic mass is 9.96. The molecule has 1 fully saturated rings. The van der Waals surface area contributed by atoms with Gasteiger partial charge in [-0.1, -0.05) is 36.4 Å². The molecule has 1 aliphatic rings. The third kappa shape index (κ3) is 5.39. The van der Waals surface area contributed by atoms with Crippen molar-refractivity contribution in [1.29, 1.82) is 0 Å². The molecular weight excluding hydrogens is 574 g/mol. The van der Waals surface area contributed by atoms with E-state index in [1.54, 1.807) is 25.1 Å². The Labute approximate surface area is 246 Å². The predicted octanol–water partition coefficient (Wildman–Crippen LogP) is 5.36. The van der Waals surface area contributed by atoms with Gasteiger partial charge in [0.2, 0.25) is 10.0 Å². The summed E-state index contributed by atoms with van der Waals surface area (Å²) < 4.78 is 57.0. The van der Waals surface area contributed by atoms with Crippen molar-refractivity contribution in [1.82, 2.24) is 19.7 Å². The summed E-state index contributed by atoms with van der Waals surface area (Å²) in [6.07, 6.45) is 3.86. The van der Waals surface area contributed by atoms with E-state index in [-0.39, 0.29) is 33.8 Å². The van der Waals surface area contributed by atoms with Crippen LogP contribution < -0.4 is 10.0 Å². The molecule has 6 rings (SSSR count). The summed E-state index contributed by atoms with van der Waals surface area (Å²) in [6.45, 7) is 1.77. The number of halogens is 2. The highest BCUT2D eigenvalue weighted by Crippen LogP contribution is 2.45. The van der Waals surface area contributed by atoms with Crippen LogP contribution in [-0.4, -0.2) is 36.1 Å². The monoisotopic (exact) mass is 600 g/mol. The Morgan fingerprint density at radius 1 is 0.907 bits per heavy atom. The van der Waals surface area contributed by atoms with Gasteiger partial charge < -0.3 is 5.32 Å². The first-order chi connectivity index (χ1) is 20.5. The number of nitrogens with zero attached hydrogens (tertiary/aromatic N) is 2. The molecule has 0 unspecified atom stereocenters. The maximum atomic E-state index is 16.5. The third-order valence-corrected chi connectivity index (χ3v) is 8.14. The zero-order valence-electron chi connectivity index (χ0n) is 23.2. The number of fused-ring (bicyclic) bond motifs is 1. The van der Waals surface area contributed by atoms with Crippen LogP contribution in [0, 0.1) is 18.6 Å². The van der Waals surface area contributed by atoms with Gasteiger partial charge in [-0.15, -0.1) is 0 Å². The molecule has 0 spiro atoms. The minimum absolute atomic E-state index is 0.0299. The van der Waals surface area contributed by atoms with Crippen molar-refractivity contribution in [2.45, 2.75) is 25.3 Å². The summed E-state index contributed by atoms with van der Waals surface area (Å²) in [7, 11) is -4.01. The quantitative estimate of drug-likeness (QED) is 0.261. The second-order valence-corrected chi connectivity index (χ2v) is 12.5. The first-order valence-electron chi connectivity index (χ1n) is 13.4. The number of amides is 2. The van der Waals surface area contributed by atoms with E-state index in [2.05, 4.69) is 10.4 Å². The lowest BCUT2D eigenvalue weighted by Crippen LogP contribution is -2.34. The van der Waals surface area contributed by atoms with Gasteiger partial charge in [-0.25, -0.2) is 26.4 Å². The van der Waals surface area contributed by atoms with Crippen LogP contribution in [0.2, 0.25) is 0 Å². The zero-order chi connectivity index (χ0) is 30.5. The van der Waals surface area contributed by atoms with Crippen molar-refractivity contribution in [2.24, 2.45) is 0 Å². The molecule has 2 heterocycles. The number of carbonyl (C=O) groups excluding carboxylic acids is 2. The summed E-state index contributed by atoms with van der Waals surface area (Å²) in [4.78, 5) is 26.6. The number of sulfonamides is 1. The van der Waals surface area contributed by atoms with E-state index in [4.69, 9.17) is 0 Å². The van der Waals surface area contributed by atoms with Gasteiger partial charge in [0.25, 0.3) is 11.8 Å². The second-order valence-electron chi connectivity index (χ2n) is 10.7. The van der Waals surface area contributed by atoms with Crippen molar-refractivity contribution >= 4 is 27.4 Å². The Morgan fingerprint density at radius 2 is 1.60 bits per heavy atom. The van der Waals surface area contributed by atoms with E-state index >= 15 is 4.39 Å². The SMILES string of the molecule is Cc1ccc(C(=O)NC2(c3ccccc3)CC2)cc1-c1ccn2nc(-c3ccc(F)cc3)c(C(=O)NS(C)(=O)=O)c2c1F. The lowest BCUT2D eigenvalue weighted by molar-refractivity contribution is 0.0929. The number of nitrogens with one attached hydrogen (secondary N) is 2. The predicted molar refractivity (Wildman–Crippen MR) is 158 cm³/mol. The fourth-order valence-corrected chi connectivity index (χ4v) is 5.70. The summed E-state index contributed by atoms with van der Waals surface area (Å²) in [5, 5.41) is 7.47. The minimum Gasteiger partial charge on any atom is -0.343 e. The van der Waals surface area contributed by atoms with Crippen molar-refractivity contribution in [3.8, 4) is 22.4 Å². The Bertz CT molecular complexity index is 2020. The molecule has 5 aromatic rings. The number of pyridine rings is 1. The number of aromatic nitrogens is 2. The Kier molecular flexibility index (Phi) is 6.84. The highest BCUT2D eigenvalue weighted by atomic mass is 32.2. The fourth-order valence-electron chi connectivity index (χ4n) is 5.26. The molecule has 1 saturated carbocycles. The summed E-state index contributed by atoms with van der Waals surface area (Å²) >= 11 is 0. The van der Waals surface area contributed by atoms with Crippen LogP contribution in [0.1, 0.15) is 44.7 Å². The van der Waals surface area contributed by atoms with Crippen LogP contribution >= 0.6 is 0 Å². The van der Waals surface area contributed by atoms with E-state index < -0.39 is 33.1 Å². The average molecular weight is 601 g/mol. The Morgan fingerprint density at radius 3 is 2.26 bits per heavy atom. The van der Waals surface area contributed by atoms with Gasteiger partial charge in [0.05, 0.1) is 17.4 Å². The van der Waals surface area contributed by atoms with E-state index in [1.165, 1.54) is 24.4 Å². The molecule has 11 heteroatoms. The van der Waals surface area contributed by atoms with Crippen molar-refractivity contribution in [3.05, 3.63) is 119 Å². The van der Waals surface area contributed by atoms with Crippen molar-refractivity contribution < 1.29 is 26.8 Å². The second kappa shape index (κ2) is 10.4. The van der Waals surface area contributed by atoms with Gasteiger partial charge in [-0.2, -0.15) is 5.10 Å². The zero-order valence-corrected chi connectivity index (χ0v) is 24.0. The van der Waals surface area contributed by atoms with Gasteiger partial charge in [0.1, 0.15) is 17.0 Å². The van der Waals surface area contributed by atoms with Crippen LogP contribution in [0.3, 0.4) is 0 Å². The number of hydrogen-bond acceptors (Lipinski definition) is 5. The van der Waals surface area contributed by atoms with Gasteiger partial charge in [0.15, 0.2) is 5.82 Å². The molecule has 8 nitrogen and oxygen atoms in total. The number of hydrogen-bond donors (Lipinski definition) is 2. The molecule has 2 N–H and O–H groups in total. The number of rotatable bonds is 7. The smallest absolute Gasteiger partial charge is 0.269 e. The van der Waals surface area contributed by atoms with Crippen molar-refractivity contribution in [3.63, 3.8) is 0 Å². The Balaban J connectivity index is 1.45. The highest BCUT2D eigenvalue weighted by molar-refractivity contribution is 7.89. The molecule has 0 bridgehead atoms. The summed E-state index contributed by atoms with van der Waals surface area (Å²) in [5.41, 5.74) is 1.73. The highest BCUT2D eigenvalue weighted by Gasteiger charge is 2.45. The molecule has 0 atom stereocenters. The standard InChI is InChI=1S/C32H26F2N4O4S/c1-19-8-9-21(30(39)35-32(15-16-32)22-6-4-3-5-7-22)18-25(19)24-14-17-38-29(27(24)34)26(31(40)37-43(2,41)42)28(36-38)20-10-12-23(33)13-11-20/h3-14,17-18H,15-16H2,1-2H3,(H,35,39)(H,37,40). The molecule has 2 aromatic heterocycles. The molecular formula is C32H26F2N4O4S. The molecule has 0 saturated heterocycles. The third-order valence-electron chi connectivity index (χ3n) is 7.58. The Hall–Kier alpha value is -4.90. The molecule has 43 heavy (non-hydrogen) atoms. The maximum absolute atomic E-state index is 16.5. The molecule has 0 radical (unpaired) electrons. The van der Waals surface area contributed by atoms with E-state index in [9.17, 15) is 22.4 Å². The van der Waals surface area contributed by atoms with Gasteiger partial charge >= 0.3 is 0 Å². The van der Waals surface area contributed by atoms with Gasteiger partial charge in [-0.05, 0) is 78.9 Å². The van der Waals surface area contributed by atoms with Crippen LogP contribution in [-0.2, 0) is 15.6 Å². The maximum Gasteiger partial charge on any atom is 0.269 e. The molecule has 0 aliphatic heterocycles.